The van der Waals surface area contributed by atoms with Crippen molar-refractivity contribution in [2.24, 2.45) is 5.92 Å². The van der Waals surface area contributed by atoms with Gasteiger partial charge < -0.3 is 10.2 Å². The number of carbonyl (C=O) groups is 1. The summed E-state index contributed by atoms with van der Waals surface area (Å²) in [7, 11) is 0. The number of halogens is 2. The van der Waals surface area contributed by atoms with Gasteiger partial charge in [0, 0.05) is 12.6 Å². The Balaban J connectivity index is 2.11. The highest BCUT2D eigenvalue weighted by molar-refractivity contribution is 9.12. The Labute approximate surface area is 141 Å². The van der Waals surface area contributed by atoms with Gasteiger partial charge in [-0.1, -0.05) is 0 Å². The Morgan fingerprint density at radius 2 is 2.10 bits per heavy atom. The minimum atomic E-state index is 0.132. The second-order valence-corrected chi connectivity index (χ2v) is 9.23. The molecule has 1 saturated heterocycles. The van der Waals surface area contributed by atoms with Crippen molar-refractivity contribution in [1.29, 1.82) is 0 Å². The summed E-state index contributed by atoms with van der Waals surface area (Å²) in [4.78, 5) is 14.8. The summed E-state index contributed by atoms with van der Waals surface area (Å²) in [5.41, 5.74) is 0.768. The average Bonchev–Trinajstić information content (AvgIpc) is 2.75. The van der Waals surface area contributed by atoms with E-state index in [0.29, 0.717) is 5.92 Å². The second kappa shape index (κ2) is 7.38. The summed E-state index contributed by atoms with van der Waals surface area (Å²) >= 11 is 8.49. The van der Waals surface area contributed by atoms with Gasteiger partial charge in [-0.15, -0.1) is 11.3 Å². The number of amides is 1. The third-order valence-corrected chi connectivity index (χ3v) is 6.02. The van der Waals surface area contributed by atoms with Gasteiger partial charge in [0.25, 0.3) is 5.91 Å². The average molecular weight is 424 g/mol. The van der Waals surface area contributed by atoms with Crippen molar-refractivity contribution in [2.45, 2.75) is 32.7 Å². The molecule has 0 aromatic carbocycles. The Kier molecular flexibility index (Phi) is 6.08. The normalized spacial score (nSPS) is 16.6. The number of hydrogen-bond acceptors (Lipinski definition) is 3. The molecule has 0 unspecified atom stereocenters. The lowest BCUT2D eigenvalue weighted by atomic mass is 9.97. The van der Waals surface area contributed by atoms with Crippen LogP contribution in [0.15, 0.2) is 13.6 Å². The topological polar surface area (TPSA) is 32.3 Å². The van der Waals surface area contributed by atoms with Crippen molar-refractivity contribution in [3.63, 3.8) is 0 Å². The highest BCUT2D eigenvalue weighted by Crippen LogP contribution is 2.33. The third-order valence-electron chi connectivity index (χ3n) is 3.68. The van der Waals surface area contributed by atoms with Crippen LogP contribution in [-0.4, -0.2) is 36.5 Å². The zero-order valence-corrected chi connectivity index (χ0v) is 15.8. The monoisotopic (exact) mass is 422 g/mol. The van der Waals surface area contributed by atoms with Crippen LogP contribution < -0.4 is 5.32 Å². The molecule has 2 heterocycles. The molecule has 1 aromatic rings. The minimum Gasteiger partial charge on any atom is -0.336 e. The minimum absolute atomic E-state index is 0.132. The molecule has 1 aromatic heterocycles. The Hall–Kier alpha value is 0.0900. The van der Waals surface area contributed by atoms with Gasteiger partial charge in [0.05, 0.1) is 13.1 Å². The molecule has 6 heteroatoms. The van der Waals surface area contributed by atoms with E-state index in [1.54, 1.807) is 11.3 Å². The van der Waals surface area contributed by atoms with E-state index in [2.05, 4.69) is 51.0 Å². The number of piperidine rings is 1. The first kappa shape index (κ1) is 16.5. The summed E-state index contributed by atoms with van der Waals surface area (Å²) in [5.74, 6) is 0.746. The lowest BCUT2D eigenvalue weighted by Gasteiger charge is -2.32. The molecule has 1 aliphatic heterocycles. The largest absolute Gasteiger partial charge is 0.336 e. The number of thiophene rings is 1. The van der Waals surface area contributed by atoms with Crippen LogP contribution in [0.25, 0.3) is 0 Å². The first-order valence-electron chi connectivity index (χ1n) is 6.95. The van der Waals surface area contributed by atoms with Crippen molar-refractivity contribution in [2.75, 3.05) is 19.6 Å². The highest BCUT2D eigenvalue weighted by Gasteiger charge is 2.26. The van der Waals surface area contributed by atoms with Crippen molar-refractivity contribution in [1.82, 2.24) is 10.2 Å². The SMILES string of the molecule is CC(C)N(CC1CCNCC1)C(=O)c1cc(Br)sc1Br. The summed E-state index contributed by atoms with van der Waals surface area (Å²) in [5, 5.41) is 3.38. The van der Waals surface area contributed by atoms with Crippen molar-refractivity contribution >= 4 is 49.1 Å². The first-order chi connectivity index (χ1) is 9.49. The van der Waals surface area contributed by atoms with Gasteiger partial charge in [-0.05, 0) is 83.6 Å². The van der Waals surface area contributed by atoms with E-state index in [4.69, 9.17) is 0 Å². The van der Waals surface area contributed by atoms with E-state index in [1.165, 1.54) is 0 Å². The van der Waals surface area contributed by atoms with Crippen LogP contribution in [0.3, 0.4) is 0 Å². The maximum Gasteiger partial charge on any atom is 0.256 e. The molecule has 1 fully saturated rings. The molecule has 0 bridgehead atoms. The quantitative estimate of drug-likeness (QED) is 0.789. The fraction of sp³-hybridized carbons (Fsp3) is 0.643. The third kappa shape index (κ3) is 4.06. The molecule has 1 amide bonds. The lowest BCUT2D eigenvalue weighted by molar-refractivity contribution is 0.0657. The van der Waals surface area contributed by atoms with Gasteiger partial charge >= 0.3 is 0 Å². The second-order valence-electron chi connectivity index (χ2n) is 5.48. The van der Waals surface area contributed by atoms with Gasteiger partial charge in [-0.3, -0.25) is 4.79 Å². The van der Waals surface area contributed by atoms with Crippen LogP contribution in [0.5, 0.6) is 0 Å². The Morgan fingerprint density at radius 3 is 2.60 bits per heavy atom. The van der Waals surface area contributed by atoms with Crippen LogP contribution in [0.4, 0.5) is 0 Å². The van der Waals surface area contributed by atoms with Crippen LogP contribution >= 0.6 is 43.2 Å². The van der Waals surface area contributed by atoms with E-state index in [-0.39, 0.29) is 11.9 Å². The van der Waals surface area contributed by atoms with E-state index >= 15 is 0 Å². The van der Waals surface area contributed by atoms with E-state index in [9.17, 15) is 4.79 Å². The zero-order chi connectivity index (χ0) is 14.7. The van der Waals surface area contributed by atoms with Crippen LogP contribution in [0.1, 0.15) is 37.0 Å². The van der Waals surface area contributed by atoms with Gasteiger partial charge in [-0.25, -0.2) is 0 Å². The Bertz CT molecular complexity index is 470. The first-order valence-corrected chi connectivity index (χ1v) is 9.35. The summed E-state index contributed by atoms with van der Waals surface area (Å²) < 4.78 is 1.89. The molecule has 0 radical (unpaired) electrons. The van der Waals surface area contributed by atoms with E-state index in [0.717, 1.165) is 45.6 Å². The lowest BCUT2D eigenvalue weighted by Crippen LogP contribution is -2.42. The van der Waals surface area contributed by atoms with Crippen LogP contribution in [0.2, 0.25) is 0 Å². The Morgan fingerprint density at radius 1 is 1.45 bits per heavy atom. The van der Waals surface area contributed by atoms with Crippen molar-refractivity contribution in [3.05, 3.63) is 19.2 Å². The smallest absolute Gasteiger partial charge is 0.256 e. The standard InChI is InChI=1S/C14H20Br2N2OS/c1-9(2)18(8-10-3-5-17-6-4-10)14(19)11-7-12(15)20-13(11)16/h7,9-10,17H,3-6,8H2,1-2H3. The number of nitrogens with one attached hydrogen (secondary N) is 1. The molecule has 3 nitrogen and oxygen atoms in total. The maximum atomic E-state index is 12.8. The summed E-state index contributed by atoms with van der Waals surface area (Å²) in [6, 6.07) is 2.14. The predicted octanol–water partition coefficient (Wildman–Crippen LogP) is 4.12. The predicted molar refractivity (Wildman–Crippen MR) is 91.5 cm³/mol. The summed E-state index contributed by atoms with van der Waals surface area (Å²) in [6.07, 6.45) is 2.32. The van der Waals surface area contributed by atoms with Gasteiger partial charge in [0.1, 0.15) is 0 Å². The zero-order valence-electron chi connectivity index (χ0n) is 11.8. The van der Waals surface area contributed by atoms with Gasteiger partial charge in [0.15, 0.2) is 0 Å². The highest BCUT2D eigenvalue weighted by atomic mass is 79.9. The number of hydrogen-bond donors (Lipinski definition) is 1. The van der Waals surface area contributed by atoms with Crippen molar-refractivity contribution in [3.8, 4) is 0 Å². The molecule has 112 valence electrons. The molecule has 0 spiro atoms. The molecule has 0 atom stereocenters. The fourth-order valence-electron chi connectivity index (χ4n) is 2.51. The molecular formula is C14H20Br2N2OS. The summed E-state index contributed by atoms with van der Waals surface area (Å²) in [6.45, 7) is 7.18. The number of nitrogens with zero attached hydrogens (tertiary/aromatic N) is 1. The fourth-order valence-corrected chi connectivity index (χ4v) is 5.29. The van der Waals surface area contributed by atoms with E-state index in [1.807, 2.05) is 11.0 Å². The molecule has 0 saturated carbocycles. The van der Waals surface area contributed by atoms with Gasteiger partial charge in [-0.2, -0.15) is 0 Å². The van der Waals surface area contributed by atoms with Crippen molar-refractivity contribution < 1.29 is 4.79 Å². The van der Waals surface area contributed by atoms with Crippen LogP contribution in [0, 0.1) is 5.92 Å². The molecule has 1 N–H and O–H groups in total. The number of rotatable bonds is 4. The molecule has 20 heavy (non-hydrogen) atoms. The molecule has 0 aliphatic carbocycles. The van der Waals surface area contributed by atoms with Gasteiger partial charge in [0.2, 0.25) is 0 Å². The maximum absolute atomic E-state index is 12.8. The molecule has 2 rings (SSSR count). The molecule has 1 aliphatic rings. The van der Waals surface area contributed by atoms with E-state index < -0.39 is 0 Å². The number of carbonyl (C=O) groups excluding carboxylic acids is 1. The molecular weight excluding hydrogens is 404 g/mol. The van der Waals surface area contributed by atoms with Crippen LogP contribution in [-0.2, 0) is 0 Å².